The maximum atomic E-state index is 12.9. The Morgan fingerprint density at radius 1 is 1.19 bits per heavy atom. The minimum atomic E-state index is -5.10. The number of benzene rings is 1. The van der Waals surface area contributed by atoms with Gasteiger partial charge in [-0.2, -0.15) is 13.2 Å². The summed E-state index contributed by atoms with van der Waals surface area (Å²) in [6.07, 6.45) is -5.10. The minimum Gasteiger partial charge on any atom is -0.318 e. The van der Waals surface area contributed by atoms with Crippen molar-refractivity contribution in [1.82, 2.24) is 0 Å². The second-order valence-corrected chi connectivity index (χ2v) is 3.02. The first kappa shape index (κ1) is 12.4. The van der Waals surface area contributed by atoms with E-state index in [0.717, 1.165) is 6.92 Å². The number of carbonyl (C=O) groups excluding carboxylic acids is 1. The van der Waals surface area contributed by atoms with E-state index in [1.54, 1.807) is 0 Å². The van der Waals surface area contributed by atoms with Gasteiger partial charge in [0.2, 0.25) is 0 Å². The Morgan fingerprint density at radius 3 is 2.00 bits per heavy atom. The van der Waals surface area contributed by atoms with Gasteiger partial charge in [-0.25, -0.2) is 8.78 Å². The molecule has 0 unspecified atom stereocenters. The van der Waals surface area contributed by atoms with Crippen LogP contribution in [0.25, 0.3) is 0 Å². The van der Waals surface area contributed by atoms with Crippen LogP contribution in [0.1, 0.15) is 5.56 Å². The maximum absolute atomic E-state index is 12.9. The van der Waals surface area contributed by atoms with Gasteiger partial charge in [-0.1, -0.05) is 0 Å². The highest BCUT2D eigenvalue weighted by atomic mass is 19.4. The molecule has 1 rings (SSSR count). The average Bonchev–Trinajstić information content (AvgIpc) is 2.12. The van der Waals surface area contributed by atoms with Crippen molar-refractivity contribution in [2.45, 2.75) is 13.1 Å². The van der Waals surface area contributed by atoms with Crippen molar-refractivity contribution in [1.29, 1.82) is 0 Å². The summed E-state index contributed by atoms with van der Waals surface area (Å²) in [6.45, 7) is 1.13. The van der Waals surface area contributed by atoms with Crippen molar-refractivity contribution in [3.8, 4) is 0 Å². The quantitative estimate of drug-likeness (QED) is 0.750. The van der Waals surface area contributed by atoms with E-state index in [0.29, 0.717) is 12.1 Å². The number of rotatable bonds is 1. The van der Waals surface area contributed by atoms with Gasteiger partial charge in [0, 0.05) is 11.3 Å². The van der Waals surface area contributed by atoms with Gasteiger partial charge in [0.25, 0.3) is 0 Å². The second-order valence-electron chi connectivity index (χ2n) is 3.02. The van der Waals surface area contributed by atoms with E-state index in [9.17, 15) is 26.7 Å². The topological polar surface area (TPSA) is 29.1 Å². The molecule has 0 saturated heterocycles. The summed E-state index contributed by atoms with van der Waals surface area (Å²) in [5, 5.41) is 1.35. The molecule has 0 heterocycles. The largest absolute Gasteiger partial charge is 0.471 e. The van der Waals surface area contributed by atoms with E-state index < -0.39 is 29.4 Å². The highest BCUT2D eigenvalue weighted by Gasteiger charge is 2.38. The van der Waals surface area contributed by atoms with Gasteiger partial charge in [-0.3, -0.25) is 4.79 Å². The average molecular weight is 239 g/mol. The Morgan fingerprint density at radius 2 is 1.62 bits per heavy atom. The van der Waals surface area contributed by atoms with Crippen molar-refractivity contribution in [3.05, 3.63) is 29.3 Å². The minimum absolute atomic E-state index is 0.329. The van der Waals surface area contributed by atoms with Gasteiger partial charge in [0.1, 0.15) is 11.6 Å². The van der Waals surface area contributed by atoms with Gasteiger partial charge in [-0.05, 0) is 19.1 Å². The lowest BCUT2D eigenvalue weighted by Gasteiger charge is -2.09. The molecule has 16 heavy (non-hydrogen) atoms. The summed E-state index contributed by atoms with van der Waals surface area (Å²) in [4.78, 5) is 10.5. The van der Waals surface area contributed by atoms with Crippen molar-refractivity contribution in [3.63, 3.8) is 0 Å². The molecular formula is C9H6F5NO. The zero-order chi connectivity index (χ0) is 12.5. The summed E-state index contributed by atoms with van der Waals surface area (Å²) < 4.78 is 61.3. The molecule has 2 nitrogen and oxygen atoms in total. The molecule has 0 aliphatic heterocycles. The predicted molar refractivity (Wildman–Crippen MR) is 45.8 cm³/mol. The Bertz CT molecular complexity index is 403. The summed E-state index contributed by atoms with van der Waals surface area (Å²) >= 11 is 0. The fraction of sp³-hybridized carbons (Fsp3) is 0.222. The molecule has 0 radical (unpaired) electrons. The van der Waals surface area contributed by atoms with E-state index in [2.05, 4.69) is 0 Å². The van der Waals surface area contributed by atoms with E-state index in [1.165, 1.54) is 5.32 Å². The van der Waals surface area contributed by atoms with Crippen molar-refractivity contribution >= 4 is 11.6 Å². The number of carbonyl (C=O) groups is 1. The third-order valence-corrected chi connectivity index (χ3v) is 1.80. The molecule has 0 aliphatic carbocycles. The fourth-order valence-corrected chi connectivity index (χ4v) is 0.919. The zero-order valence-electron chi connectivity index (χ0n) is 7.95. The van der Waals surface area contributed by atoms with Crippen LogP contribution in [0.2, 0.25) is 0 Å². The number of hydrogen-bond acceptors (Lipinski definition) is 1. The number of alkyl halides is 3. The summed E-state index contributed by atoms with van der Waals surface area (Å²) in [5.74, 6) is -4.34. The van der Waals surface area contributed by atoms with Crippen LogP contribution in [-0.4, -0.2) is 12.1 Å². The van der Waals surface area contributed by atoms with Crippen LogP contribution in [0, 0.1) is 18.6 Å². The highest BCUT2D eigenvalue weighted by molar-refractivity contribution is 5.94. The molecule has 0 fully saturated rings. The van der Waals surface area contributed by atoms with Gasteiger partial charge in [0.05, 0.1) is 0 Å². The molecule has 1 aromatic rings. The molecule has 7 heteroatoms. The molecule has 0 aromatic heterocycles. The fourth-order valence-electron chi connectivity index (χ4n) is 0.919. The van der Waals surface area contributed by atoms with Crippen molar-refractivity contribution in [2.24, 2.45) is 0 Å². The second kappa shape index (κ2) is 4.07. The number of halogens is 5. The number of amides is 1. The number of hydrogen-bond donors (Lipinski definition) is 1. The monoisotopic (exact) mass is 239 g/mol. The highest BCUT2D eigenvalue weighted by Crippen LogP contribution is 2.21. The third-order valence-electron chi connectivity index (χ3n) is 1.80. The molecule has 88 valence electrons. The van der Waals surface area contributed by atoms with E-state index in [-0.39, 0.29) is 5.56 Å². The lowest BCUT2D eigenvalue weighted by Crippen LogP contribution is -2.30. The van der Waals surface area contributed by atoms with E-state index in [4.69, 9.17) is 0 Å². The number of anilines is 1. The van der Waals surface area contributed by atoms with Crippen LogP contribution in [0.3, 0.4) is 0 Å². The van der Waals surface area contributed by atoms with Gasteiger partial charge in [-0.15, -0.1) is 0 Å². The maximum Gasteiger partial charge on any atom is 0.471 e. The van der Waals surface area contributed by atoms with E-state index in [1.807, 2.05) is 0 Å². The summed E-state index contributed by atoms with van der Waals surface area (Å²) in [7, 11) is 0. The van der Waals surface area contributed by atoms with Crippen molar-refractivity contribution in [2.75, 3.05) is 5.32 Å². The molecular weight excluding hydrogens is 233 g/mol. The summed E-state index contributed by atoms with van der Waals surface area (Å²) in [6, 6.07) is 1.23. The molecule has 0 spiro atoms. The van der Waals surface area contributed by atoms with Gasteiger partial charge in [0.15, 0.2) is 0 Å². The number of nitrogens with one attached hydrogen (secondary N) is 1. The first-order chi connectivity index (χ1) is 7.21. The lowest BCUT2D eigenvalue weighted by molar-refractivity contribution is -0.167. The lowest BCUT2D eigenvalue weighted by atomic mass is 10.2. The zero-order valence-corrected chi connectivity index (χ0v) is 7.95. The van der Waals surface area contributed by atoms with Crippen LogP contribution < -0.4 is 5.32 Å². The Labute approximate surface area is 87.1 Å². The molecule has 0 bridgehead atoms. The van der Waals surface area contributed by atoms with Crippen LogP contribution in [-0.2, 0) is 4.79 Å². The van der Waals surface area contributed by atoms with Crippen LogP contribution in [0.5, 0.6) is 0 Å². The standard InChI is InChI=1S/C9H6F5NO/c1-4-6(10)2-5(3-7(4)11)15-8(16)9(12,13)14/h2-3H,1H3,(H,15,16). The molecule has 0 atom stereocenters. The SMILES string of the molecule is Cc1c(F)cc(NC(=O)C(F)(F)F)cc1F. The van der Waals surface area contributed by atoms with Gasteiger partial charge < -0.3 is 5.32 Å². The third kappa shape index (κ3) is 2.68. The first-order valence-corrected chi connectivity index (χ1v) is 4.05. The van der Waals surface area contributed by atoms with Crippen LogP contribution in [0.4, 0.5) is 27.6 Å². The smallest absolute Gasteiger partial charge is 0.318 e. The normalized spacial score (nSPS) is 11.4. The molecule has 0 saturated carbocycles. The molecule has 1 aromatic carbocycles. The Kier molecular flexibility index (Phi) is 3.16. The molecule has 1 N–H and O–H groups in total. The Balaban J connectivity index is 2.96. The molecule has 1 amide bonds. The van der Waals surface area contributed by atoms with E-state index >= 15 is 0 Å². The van der Waals surface area contributed by atoms with Gasteiger partial charge >= 0.3 is 12.1 Å². The van der Waals surface area contributed by atoms with Crippen LogP contribution in [0.15, 0.2) is 12.1 Å². The predicted octanol–water partition coefficient (Wildman–Crippen LogP) is 2.77. The first-order valence-electron chi connectivity index (χ1n) is 4.05. The van der Waals surface area contributed by atoms with Crippen molar-refractivity contribution < 1.29 is 26.7 Å². The molecule has 0 aliphatic rings. The Hall–Kier alpha value is -1.66. The summed E-state index contributed by atoms with van der Waals surface area (Å²) in [5.41, 5.74) is -0.909. The van der Waals surface area contributed by atoms with Crippen LogP contribution >= 0.6 is 0 Å².